The first-order valence-electron chi connectivity index (χ1n) is 8.86. The summed E-state index contributed by atoms with van der Waals surface area (Å²) in [5.74, 6) is -0.122. The molecule has 0 radical (unpaired) electrons. The van der Waals surface area contributed by atoms with Gasteiger partial charge in [-0.25, -0.2) is 0 Å². The van der Waals surface area contributed by atoms with Gasteiger partial charge in [-0.1, -0.05) is 53.5 Å². The van der Waals surface area contributed by atoms with Crippen LogP contribution in [0.2, 0.25) is 10.0 Å². The van der Waals surface area contributed by atoms with E-state index in [1.54, 1.807) is 16.9 Å². The Morgan fingerprint density at radius 2 is 2.04 bits per heavy atom. The molecule has 6 heteroatoms. The number of carbonyl (C=O) groups excluding carboxylic acids is 1. The maximum atomic E-state index is 13.0. The Labute approximate surface area is 168 Å². The van der Waals surface area contributed by atoms with E-state index in [2.05, 4.69) is 10.4 Å². The topological polar surface area (TPSA) is 46.9 Å². The van der Waals surface area contributed by atoms with Gasteiger partial charge in [-0.05, 0) is 41.7 Å². The van der Waals surface area contributed by atoms with Crippen molar-refractivity contribution in [2.75, 3.05) is 0 Å². The molecule has 4 rings (SSSR count). The molecule has 27 heavy (non-hydrogen) atoms. The second-order valence-corrected chi connectivity index (χ2v) is 7.65. The minimum Gasteiger partial charge on any atom is -0.345 e. The summed E-state index contributed by atoms with van der Waals surface area (Å²) in [6.07, 6.45) is 3.93. The molecule has 3 aromatic rings. The predicted octanol–water partition coefficient (Wildman–Crippen LogP) is 4.74. The molecule has 138 valence electrons. The maximum Gasteiger partial charge on any atom is 0.255 e. The van der Waals surface area contributed by atoms with Crippen LogP contribution in [-0.2, 0) is 19.9 Å². The minimum atomic E-state index is -0.122. The number of aryl methyl sites for hydroxylation is 1. The number of hydrogen-bond acceptors (Lipinski definition) is 2. The van der Waals surface area contributed by atoms with Crippen molar-refractivity contribution < 1.29 is 4.79 Å². The highest BCUT2D eigenvalue weighted by atomic mass is 35.5. The second-order valence-electron chi connectivity index (χ2n) is 6.81. The number of amides is 1. The van der Waals surface area contributed by atoms with E-state index < -0.39 is 0 Å². The Bertz CT molecular complexity index is 998. The van der Waals surface area contributed by atoms with Gasteiger partial charge in [0.25, 0.3) is 5.91 Å². The van der Waals surface area contributed by atoms with Crippen LogP contribution in [0.4, 0.5) is 0 Å². The normalized spacial score (nSPS) is 15.6. The fourth-order valence-electron chi connectivity index (χ4n) is 3.68. The van der Waals surface area contributed by atoms with Crippen LogP contribution in [0, 0.1) is 0 Å². The lowest BCUT2D eigenvalue weighted by molar-refractivity contribution is 0.0935. The zero-order valence-corrected chi connectivity index (χ0v) is 16.4. The number of nitrogens with one attached hydrogen (secondary N) is 1. The third-order valence-electron chi connectivity index (χ3n) is 5.08. The molecule has 2 aromatic carbocycles. The molecule has 1 N–H and O–H groups in total. The maximum absolute atomic E-state index is 13.0. The fraction of sp³-hybridized carbons (Fsp3) is 0.238. The Balaban J connectivity index is 1.57. The van der Waals surface area contributed by atoms with Gasteiger partial charge in [-0.15, -0.1) is 0 Å². The summed E-state index contributed by atoms with van der Waals surface area (Å²) in [6.45, 7) is 0. The molecule has 1 aromatic heterocycles. The van der Waals surface area contributed by atoms with E-state index in [0.29, 0.717) is 22.0 Å². The number of rotatable bonds is 4. The highest BCUT2D eigenvalue weighted by molar-refractivity contribution is 6.35. The molecule has 0 spiro atoms. The molecule has 1 unspecified atom stereocenters. The zero-order chi connectivity index (χ0) is 19.0. The molecule has 1 heterocycles. The second kappa shape index (κ2) is 7.37. The van der Waals surface area contributed by atoms with Crippen LogP contribution in [0.3, 0.4) is 0 Å². The number of halogens is 2. The van der Waals surface area contributed by atoms with Gasteiger partial charge < -0.3 is 5.32 Å². The van der Waals surface area contributed by atoms with E-state index in [1.165, 1.54) is 0 Å². The summed E-state index contributed by atoms with van der Waals surface area (Å²) in [5.41, 5.74) is 4.71. The van der Waals surface area contributed by atoms with Crippen molar-refractivity contribution in [3.05, 3.63) is 86.7 Å². The number of benzene rings is 2. The van der Waals surface area contributed by atoms with Crippen molar-refractivity contribution in [1.82, 2.24) is 15.1 Å². The molecule has 0 aliphatic heterocycles. The summed E-state index contributed by atoms with van der Waals surface area (Å²) >= 11 is 12.5. The van der Waals surface area contributed by atoms with Gasteiger partial charge in [0.05, 0.1) is 23.5 Å². The third-order valence-corrected chi connectivity index (χ3v) is 5.63. The average molecular weight is 400 g/mol. The van der Waals surface area contributed by atoms with Gasteiger partial charge in [0, 0.05) is 23.5 Å². The predicted molar refractivity (Wildman–Crippen MR) is 107 cm³/mol. The first-order chi connectivity index (χ1) is 13.0. The average Bonchev–Trinajstić information content (AvgIpc) is 3.20. The lowest BCUT2D eigenvalue weighted by Gasteiger charge is -2.15. The van der Waals surface area contributed by atoms with E-state index in [4.69, 9.17) is 23.2 Å². The van der Waals surface area contributed by atoms with Crippen molar-refractivity contribution >= 4 is 29.1 Å². The van der Waals surface area contributed by atoms with Crippen molar-refractivity contribution in [1.29, 1.82) is 0 Å². The summed E-state index contributed by atoms with van der Waals surface area (Å²) in [4.78, 5) is 13.0. The van der Waals surface area contributed by atoms with E-state index in [0.717, 1.165) is 35.2 Å². The molecule has 1 aliphatic rings. The largest absolute Gasteiger partial charge is 0.345 e. The first kappa shape index (κ1) is 18.1. The molecule has 1 atom stereocenters. The summed E-state index contributed by atoms with van der Waals surface area (Å²) < 4.78 is 1.76. The highest BCUT2D eigenvalue weighted by Crippen LogP contribution is 2.38. The van der Waals surface area contributed by atoms with E-state index >= 15 is 0 Å². The number of fused-ring (bicyclic) bond motifs is 1. The molecule has 0 bridgehead atoms. The van der Waals surface area contributed by atoms with E-state index in [-0.39, 0.29) is 11.9 Å². The van der Waals surface area contributed by atoms with E-state index in [1.807, 2.05) is 43.4 Å². The van der Waals surface area contributed by atoms with Crippen molar-refractivity contribution in [2.24, 2.45) is 7.05 Å². The molecule has 4 nitrogen and oxygen atoms in total. The monoisotopic (exact) mass is 399 g/mol. The van der Waals surface area contributed by atoms with Gasteiger partial charge in [0.15, 0.2) is 0 Å². The number of aromatic nitrogens is 2. The first-order valence-corrected chi connectivity index (χ1v) is 9.62. The van der Waals surface area contributed by atoms with Gasteiger partial charge in [-0.3, -0.25) is 9.48 Å². The van der Waals surface area contributed by atoms with Crippen LogP contribution in [0.25, 0.3) is 0 Å². The van der Waals surface area contributed by atoms with E-state index in [9.17, 15) is 4.79 Å². The lowest BCUT2D eigenvalue weighted by Crippen LogP contribution is -2.28. The smallest absolute Gasteiger partial charge is 0.255 e. The number of carbonyl (C=O) groups is 1. The van der Waals surface area contributed by atoms with Crippen LogP contribution in [0.5, 0.6) is 0 Å². The van der Waals surface area contributed by atoms with Crippen LogP contribution in [0.1, 0.15) is 45.2 Å². The Kier molecular flexibility index (Phi) is 4.94. The quantitative estimate of drug-likeness (QED) is 0.688. The molecular formula is C21H19Cl2N3O. The molecule has 0 saturated carbocycles. The summed E-state index contributed by atoms with van der Waals surface area (Å²) in [5, 5.41) is 8.69. The minimum absolute atomic E-state index is 0.0894. The van der Waals surface area contributed by atoms with Crippen LogP contribution in [-0.4, -0.2) is 15.7 Å². The van der Waals surface area contributed by atoms with Crippen LogP contribution < -0.4 is 5.32 Å². The van der Waals surface area contributed by atoms with Gasteiger partial charge in [0.1, 0.15) is 0 Å². The van der Waals surface area contributed by atoms with Gasteiger partial charge in [0.2, 0.25) is 0 Å². The Morgan fingerprint density at radius 1 is 1.26 bits per heavy atom. The number of nitrogens with zero attached hydrogens (tertiary/aromatic N) is 2. The highest BCUT2D eigenvalue weighted by Gasteiger charge is 2.28. The molecule has 0 saturated heterocycles. The standard InChI is InChI=1S/C21H19Cl2N3O/c1-26-20(9-13-5-3-2-4-6-13)17(12-24-26)21(27)25-19-8-7-15-16(19)10-14(22)11-18(15)23/h2-6,10-12,19H,7-9H2,1H3,(H,25,27). The third kappa shape index (κ3) is 3.60. The Morgan fingerprint density at radius 3 is 2.81 bits per heavy atom. The van der Waals surface area contributed by atoms with Crippen LogP contribution >= 0.6 is 23.2 Å². The SMILES string of the molecule is Cn1ncc(C(=O)NC2CCc3c(Cl)cc(Cl)cc32)c1Cc1ccccc1. The zero-order valence-electron chi connectivity index (χ0n) is 14.9. The van der Waals surface area contributed by atoms with Gasteiger partial charge in [-0.2, -0.15) is 5.10 Å². The Hall–Kier alpha value is -2.30. The molecular weight excluding hydrogens is 381 g/mol. The molecule has 1 amide bonds. The van der Waals surface area contributed by atoms with Gasteiger partial charge >= 0.3 is 0 Å². The lowest BCUT2D eigenvalue weighted by atomic mass is 10.1. The molecule has 1 aliphatic carbocycles. The fourth-order valence-corrected chi connectivity index (χ4v) is 4.28. The summed E-state index contributed by atoms with van der Waals surface area (Å²) in [7, 11) is 1.86. The van der Waals surface area contributed by atoms with Crippen molar-refractivity contribution in [3.63, 3.8) is 0 Å². The van der Waals surface area contributed by atoms with Crippen molar-refractivity contribution in [3.8, 4) is 0 Å². The van der Waals surface area contributed by atoms with Crippen LogP contribution in [0.15, 0.2) is 48.7 Å². The van der Waals surface area contributed by atoms with Crippen molar-refractivity contribution in [2.45, 2.75) is 25.3 Å². The molecule has 0 fully saturated rings. The number of hydrogen-bond donors (Lipinski definition) is 1. The summed E-state index contributed by atoms with van der Waals surface area (Å²) in [6, 6.07) is 13.6.